The Kier molecular flexibility index (Phi) is 5.80. The van der Waals surface area contributed by atoms with Gasteiger partial charge in [0.05, 0.1) is 36.8 Å². The average molecular weight is 399 g/mol. The van der Waals surface area contributed by atoms with Gasteiger partial charge in [-0.05, 0) is 31.7 Å². The highest BCUT2D eigenvalue weighted by Gasteiger charge is 2.35. The molecule has 0 bridgehead atoms. The Balaban J connectivity index is 1.74. The van der Waals surface area contributed by atoms with E-state index in [1.807, 2.05) is 35.7 Å². The Morgan fingerprint density at radius 2 is 2.03 bits per heavy atom. The van der Waals surface area contributed by atoms with Gasteiger partial charge in [-0.15, -0.1) is 0 Å². The summed E-state index contributed by atoms with van der Waals surface area (Å²) in [4.78, 5) is 26.3. The average Bonchev–Trinajstić information content (AvgIpc) is 3.47. The lowest BCUT2D eigenvalue weighted by molar-refractivity contribution is -0.135. The molecule has 0 unspecified atom stereocenters. The molecule has 4 rings (SSSR count). The molecular weight excluding hydrogens is 368 g/mol. The molecule has 2 aliphatic rings. The zero-order chi connectivity index (χ0) is 20.4. The van der Waals surface area contributed by atoms with Crippen LogP contribution in [-0.2, 0) is 11.3 Å². The van der Waals surface area contributed by atoms with Crippen molar-refractivity contribution >= 4 is 11.9 Å². The standard InChI is InChI=1S/C21H30N6O2/c1-15(2)20(29)26-11-5-6-18(26)19-16(14-23-27(19)12-13-28)17-7-8-22-21(24-17)25-9-3-4-10-25/h7-8,14-15,18,28H,3-6,9-13H2,1-2H3/t18-/m0/s1. The van der Waals surface area contributed by atoms with Gasteiger partial charge in [-0.2, -0.15) is 5.10 Å². The van der Waals surface area contributed by atoms with Crippen LogP contribution in [0.4, 0.5) is 5.95 Å². The number of rotatable bonds is 6. The maximum Gasteiger partial charge on any atom is 0.225 e. The smallest absolute Gasteiger partial charge is 0.225 e. The second-order valence-electron chi connectivity index (χ2n) is 8.17. The van der Waals surface area contributed by atoms with Gasteiger partial charge in [0.1, 0.15) is 0 Å². The van der Waals surface area contributed by atoms with Crippen LogP contribution in [0, 0.1) is 5.92 Å². The van der Waals surface area contributed by atoms with Crippen LogP contribution in [0.2, 0.25) is 0 Å². The van der Waals surface area contributed by atoms with Crippen LogP contribution in [0.5, 0.6) is 0 Å². The number of hydrogen-bond donors (Lipinski definition) is 1. The summed E-state index contributed by atoms with van der Waals surface area (Å²) in [5, 5.41) is 14.1. The lowest BCUT2D eigenvalue weighted by atomic mass is 10.0. The van der Waals surface area contributed by atoms with Crippen molar-refractivity contribution in [2.45, 2.75) is 52.1 Å². The number of anilines is 1. The third-order valence-corrected chi connectivity index (χ3v) is 5.85. The number of hydrogen-bond acceptors (Lipinski definition) is 6. The summed E-state index contributed by atoms with van der Waals surface area (Å²) in [6.07, 6.45) is 7.82. The van der Waals surface area contributed by atoms with Crippen LogP contribution in [0.1, 0.15) is 51.3 Å². The van der Waals surface area contributed by atoms with Gasteiger partial charge < -0.3 is 14.9 Å². The molecule has 1 atom stereocenters. The van der Waals surface area contributed by atoms with Crippen molar-refractivity contribution in [3.8, 4) is 11.3 Å². The Labute approximate surface area is 171 Å². The van der Waals surface area contributed by atoms with E-state index in [1.54, 1.807) is 6.20 Å². The van der Waals surface area contributed by atoms with Gasteiger partial charge in [-0.1, -0.05) is 13.8 Å². The van der Waals surface area contributed by atoms with Gasteiger partial charge in [-0.25, -0.2) is 9.97 Å². The molecule has 1 N–H and O–H groups in total. The molecule has 0 aliphatic carbocycles. The second-order valence-corrected chi connectivity index (χ2v) is 8.17. The van der Waals surface area contributed by atoms with Crippen LogP contribution in [0.25, 0.3) is 11.3 Å². The number of carbonyl (C=O) groups excluding carboxylic acids is 1. The van der Waals surface area contributed by atoms with Crippen LogP contribution < -0.4 is 4.90 Å². The fraction of sp³-hybridized carbons (Fsp3) is 0.619. The monoisotopic (exact) mass is 398 g/mol. The van der Waals surface area contributed by atoms with Gasteiger partial charge >= 0.3 is 0 Å². The first-order valence-electron chi connectivity index (χ1n) is 10.7. The SMILES string of the molecule is CC(C)C(=O)N1CCC[C@H]1c1c(-c2ccnc(N3CCCC3)n2)cnn1CCO. The second kappa shape index (κ2) is 8.49. The number of amides is 1. The zero-order valence-corrected chi connectivity index (χ0v) is 17.3. The molecule has 0 aromatic carbocycles. The molecule has 0 spiro atoms. The predicted molar refractivity (Wildman–Crippen MR) is 110 cm³/mol. The maximum atomic E-state index is 12.8. The number of aliphatic hydroxyl groups excluding tert-OH is 1. The van der Waals surface area contributed by atoms with E-state index in [-0.39, 0.29) is 24.5 Å². The highest BCUT2D eigenvalue weighted by Crippen LogP contribution is 2.38. The highest BCUT2D eigenvalue weighted by atomic mass is 16.3. The summed E-state index contributed by atoms with van der Waals surface area (Å²) in [5.41, 5.74) is 2.72. The van der Waals surface area contributed by atoms with E-state index in [2.05, 4.69) is 15.0 Å². The van der Waals surface area contributed by atoms with Crippen LogP contribution in [0.15, 0.2) is 18.5 Å². The van der Waals surface area contributed by atoms with Gasteiger partial charge in [0.15, 0.2) is 0 Å². The molecule has 2 saturated heterocycles. The van der Waals surface area contributed by atoms with Crippen molar-refractivity contribution in [1.29, 1.82) is 0 Å². The Hall–Kier alpha value is -2.48. The van der Waals surface area contributed by atoms with E-state index in [9.17, 15) is 9.90 Å². The molecule has 2 aromatic heterocycles. The first kappa shape index (κ1) is 19.8. The summed E-state index contributed by atoms with van der Waals surface area (Å²) in [6, 6.07) is 1.87. The van der Waals surface area contributed by atoms with E-state index < -0.39 is 0 Å². The van der Waals surface area contributed by atoms with Gasteiger partial charge in [0, 0.05) is 37.3 Å². The molecule has 4 heterocycles. The van der Waals surface area contributed by atoms with Crippen LogP contribution >= 0.6 is 0 Å². The van der Waals surface area contributed by atoms with Crippen molar-refractivity contribution in [2.24, 2.45) is 5.92 Å². The summed E-state index contributed by atoms with van der Waals surface area (Å²) in [6.45, 7) is 7.02. The Morgan fingerprint density at radius 3 is 2.76 bits per heavy atom. The number of likely N-dealkylation sites (tertiary alicyclic amines) is 1. The number of aromatic nitrogens is 4. The summed E-state index contributed by atoms with van der Waals surface area (Å²) in [7, 11) is 0. The molecule has 2 aliphatic heterocycles. The minimum Gasteiger partial charge on any atom is -0.394 e. The van der Waals surface area contributed by atoms with Crippen molar-refractivity contribution < 1.29 is 9.90 Å². The fourth-order valence-corrected chi connectivity index (χ4v) is 4.43. The molecule has 156 valence electrons. The lowest BCUT2D eigenvalue weighted by Gasteiger charge is -2.28. The van der Waals surface area contributed by atoms with Gasteiger partial charge in [0.2, 0.25) is 11.9 Å². The summed E-state index contributed by atoms with van der Waals surface area (Å²) in [5.74, 6) is 0.868. The molecule has 2 aromatic rings. The quantitative estimate of drug-likeness (QED) is 0.803. The van der Waals surface area contributed by atoms with Crippen LogP contribution in [0.3, 0.4) is 0 Å². The zero-order valence-electron chi connectivity index (χ0n) is 17.3. The minimum atomic E-state index is -0.0471. The fourth-order valence-electron chi connectivity index (χ4n) is 4.43. The van der Waals surface area contributed by atoms with E-state index in [0.717, 1.165) is 55.4 Å². The van der Waals surface area contributed by atoms with Crippen molar-refractivity contribution in [1.82, 2.24) is 24.6 Å². The van der Waals surface area contributed by atoms with Crippen molar-refractivity contribution in [3.63, 3.8) is 0 Å². The van der Waals surface area contributed by atoms with Gasteiger partial charge in [0.25, 0.3) is 0 Å². The molecule has 2 fully saturated rings. The topological polar surface area (TPSA) is 87.4 Å². The molecule has 29 heavy (non-hydrogen) atoms. The van der Waals surface area contributed by atoms with Crippen LogP contribution in [-0.4, -0.2) is 61.9 Å². The minimum absolute atomic E-state index is 0.00175. The maximum absolute atomic E-state index is 12.8. The Bertz CT molecular complexity index is 859. The normalized spacial score (nSPS) is 19.5. The highest BCUT2D eigenvalue weighted by molar-refractivity contribution is 5.79. The first-order valence-corrected chi connectivity index (χ1v) is 10.7. The number of nitrogens with zero attached hydrogens (tertiary/aromatic N) is 6. The number of aliphatic hydroxyl groups is 1. The van der Waals surface area contributed by atoms with Crippen molar-refractivity contribution in [3.05, 3.63) is 24.2 Å². The first-order chi connectivity index (χ1) is 14.1. The predicted octanol–water partition coefficient (Wildman–Crippen LogP) is 2.25. The van der Waals surface area contributed by atoms with Crippen molar-refractivity contribution in [2.75, 3.05) is 31.1 Å². The molecule has 8 nitrogen and oxygen atoms in total. The van der Waals surface area contributed by atoms with Gasteiger partial charge in [-0.3, -0.25) is 9.48 Å². The molecule has 1 amide bonds. The van der Waals surface area contributed by atoms with E-state index in [1.165, 1.54) is 12.8 Å². The van der Waals surface area contributed by atoms with E-state index in [0.29, 0.717) is 6.54 Å². The summed E-state index contributed by atoms with van der Waals surface area (Å²) < 4.78 is 1.84. The largest absolute Gasteiger partial charge is 0.394 e. The molecule has 8 heteroatoms. The lowest BCUT2D eigenvalue weighted by Crippen LogP contribution is -2.35. The molecule has 0 saturated carbocycles. The number of carbonyl (C=O) groups is 1. The molecule has 0 radical (unpaired) electrons. The van der Waals surface area contributed by atoms with E-state index >= 15 is 0 Å². The third kappa shape index (κ3) is 3.85. The third-order valence-electron chi connectivity index (χ3n) is 5.85. The molecular formula is C21H30N6O2. The Morgan fingerprint density at radius 1 is 1.24 bits per heavy atom. The summed E-state index contributed by atoms with van der Waals surface area (Å²) >= 11 is 0. The van der Waals surface area contributed by atoms with E-state index in [4.69, 9.17) is 4.98 Å².